The highest BCUT2D eigenvalue weighted by molar-refractivity contribution is 5.93. The highest BCUT2D eigenvalue weighted by Gasteiger charge is 2.27. The van der Waals surface area contributed by atoms with Crippen molar-refractivity contribution in [1.82, 2.24) is 14.7 Å². The Morgan fingerprint density at radius 2 is 2.17 bits per heavy atom. The Morgan fingerprint density at radius 1 is 1.50 bits per heavy atom. The number of aromatic nitrogens is 2. The molecule has 5 heteroatoms. The van der Waals surface area contributed by atoms with Gasteiger partial charge in [0.1, 0.15) is 0 Å². The highest BCUT2D eigenvalue weighted by Crippen LogP contribution is 2.23. The van der Waals surface area contributed by atoms with E-state index in [4.69, 9.17) is 5.73 Å². The van der Waals surface area contributed by atoms with Crippen molar-refractivity contribution in [2.75, 3.05) is 6.54 Å². The molecule has 1 amide bonds. The second-order valence-corrected chi connectivity index (χ2v) is 5.06. The minimum atomic E-state index is 0.0890. The van der Waals surface area contributed by atoms with Crippen LogP contribution in [0.25, 0.3) is 0 Å². The quantitative estimate of drug-likeness (QED) is 0.875. The van der Waals surface area contributed by atoms with E-state index in [-0.39, 0.29) is 5.91 Å². The van der Waals surface area contributed by atoms with Gasteiger partial charge < -0.3 is 10.6 Å². The van der Waals surface area contributed by atoms with Crippen LogP contribution in [0, 0.1) is 0 Å². The van der Waals surface area contributed by atoms with E-state index < -0.39 is 0 Å². The summed E-state index contributed by atoms with van der Waals surface area (Å²) in [7, 11) is 1.83. The molecule has 1 heterocycles. The van der Waals surface area contributed by atoms with Gasteiger partial charge in [-0.3, -0.25) is 9.48 Å². The van der Waals surface area contributed by atoms with Crippen LogP contribution in [0.2, 0.25) is 0 Å². The van der Waals surface area contributed by atoms with Gasteiger partial charge in [-0.1, -0.05) is 0 Å². The first-order valence-electron chi connectivity index (χ1n) is 6.67. The van der Waals surface area contributed by atoms with Crippen molar-refractivity contribution < 1.29 is 4.79 Å². The lowest BCUT2D eigenvalue weighted by atomic mass is 9.90. The average Bonchev–Trinajstić information content (AvgIpc) is 2.79. The lowest BCUT2D eigenvalue weighted by Gasteiger charge is -2.35. The molecule has 0 unspecified atom stereocenters. The normalized spacial score (nSPS) is 23.9. The van der Waals surface area contributed by atoms with Crippen LogP contribution in [0.1, 0.15) is 43.0 Å². The maximum Gasteiger partial charge on any atom is 0.257 e. The molecule has 2 rings (SSSR count). The molecule has 100 valence electrons. The van der Waals surface area contributed by atoms with Crippen molar-refractivity contribution in [2.24, 2.45) is 12.8 Å². The predicted molar refractivity (Wildman–Crippen MR) is 70.1 cm³/mol. The summed E-state index contributed by atoms with van der Waals surface area (Å²) < 4.78 is 1.66. The number of nitrogens with two attached hydrogens (primary N) is 1. The van der Waals surface area contributed by atoms with Gasteiger partial charge in [0.2, 0.25) is 0 Å². The number of amides is 1. The van der Waals surface area contributed by atoms with Gasteiger partial charge in [0.15, 0.2) is 0 Å². The molecule has 1 saturated carbocycles. The van der Waals surface area contributed by atoms with Crippen molar-refractivity contribution in [3.05, 3.63) is 18.0 Å². The van der Waals surface area contributed by atoms with Crippen LogP contribution in [-0.2, 0) is 7.05 Å². The molecule has 1 aromatic rings. The predicted octanol–water partition coefficient (Wildman–Crippen LogP) is 1.15. The van der Waals surface area contributed by atoms with Gasteiger partial charge >= 0.3 is 0 Å². The number of rotatable bonds is 3. The number of hydrogen-bond donors (Lipinski definition) is 1. The van der Waals surface area contributed by atoms with Gasteiger partial charge in [-0.15, -0.1) is 0 Å². The van der Waals surface area contributed by atoms with Gasteiger partial charge in [-0.25, -0.2) is 0 Å². The SMILES string of the molecule is CCN(C(=O)c1cnn(C)c1)C1CCC(N)CC1. The lowest BCUT2D eigenvalue weighted by molar-refractivity contribution is 0.0640. The van der Waals surface area contributed by atoms with Crippen LogP contribution in [0.5, 0.6) is 0 Å². The van der Waals surface area contributed by atoms with E-state index in [9.17, 15) is 4.79 Å². The fourth-order valence-electron chi connectivity index (χ4n) is 2.68. The third kappa shape index (κ3) is 2.72. The van der Waals surface area contributed by atoms with Crippen molar-refractivity contribution in [1.29, 1.82) is 0 Å². The summed E-state index contributed by atoms with van der Waals surface area (Å²) in [5.74, 6) is 0.0890. The molecule has 0 atom stereocenters. The molecular formula is C13H22N4O. The Hall–Kier alpha value is -1.36. The zero-order chi connectivity index (χ0) is 13.1. The number of carbonyl (C=O) groups excluding carboxylic acids is 1. The van der Waals surface area contributed by atoms with E-state index in [0.717, 1.165) is 32.2 Å². The van der Waals surface area contributed by atoms with Crippen LogP contribution in [0.15, 0.2) is 12.4 Å². The average molecular weight is 250 g/mol. The molecule has 2 N–H and O–H groups in total. The summed E-state index contributed by atoms with van der Waals surface area (Å²) in [6, 6.07) is 0.649. The zero-order valence-electron chi connectivity index (χ0n) is 11.2. The Labute approximate surface area is 108 Å². The summed E-state index contributed by atoms with van der Waals surface area (Å²) in [6.45, 7) is 2.77. The molecule has 0 aromatic carbocycles. The molecule has 0 aliphatic heterocycles. The summed E-state index contributed by atoms with van der Waals surface area (Å²) in [6.07, 6.45) is 7.48. The largest absolute Gasteiger partial charge is 0.336 e. The van der Waals surface area contributed by atoms with E-state index in [0.29, 0.717) is 17.6 Å². The topological polar surface area (TPSA) is 64.2 Å². The van der Waals surface area contributed by atoms with Gasteiger partial charge in [0.05, 0.1) is 11.8 Å². The molecular weight excluding hydrogens is 228 g/mol. The van der Waals surface area contributed by atoms with E-state index in [2.05, 4.69) is 5.10 Å². The zero-order valence-corrected chi connectivity index (χ0v) is 11.2. The monoisotopic (exact) mass is 250 g/mol. The maximum atomic E-state index is 12.4. The molecule has 0 spiro atoms. The second-order valence-electron chi connectivity index (χ2n) is 5.06. The van der Waals surface area contributed by atoms with Crippen molar-refractivity contribution in [3.63, 3.8) is 0 Å². The Bertz CT molecular complexity index is 407. The third-order valence-corrected chi connectivity index (χ3v) is 3.74. The smallest absolute Gasteiger partial charge is 0.257 e. The van der Waals surface area contributed by atoms with Gasteiger partial charge in [0.25, 0.3) is 5.91 Å². The summed E-state index contributed by atoms with van der Waals surface area (Å²) in [4.78, 5) is 14.4. The van der Waals surface area contributed by atoms with Crippen LogP contribution >= 0.6 is 0 Å². The number of aryl methyl sites for hydroxylation is 1. The molecule has 1 aliphatic rings. The molecule has 18 heavy (non-hydrogen) atoms. The molecule has 0 radical (unpaired) electrons. The fraction of sp³-hybridized carbons (Fsp3) is 0.692. The van der Waals surface area contributed by atoms with Crippen molar-refractivity contribution in [2.45, 2.75) is 44.7 Å². The minimum Gasteiger partial charge on any atom is -0.336 e. The van der Waals surface area contributed by atoms with E-state index in [1.54, 1.807) is 17.1 Å². The summed E-state index contributed by atoms with van der Waals surface area (Å²) in [5.41, 5.74) is 6.59. The van der Waals surface area contributed by atoms with Crippen LogP contribution in [-0.4, -0.2) is 39.2 Å². The molecule has 1 fully saturated rings. The second kappa shape index (κ2) is 5.52. The van der Waals surface area contributed by atoms with Gasteiger partial charge in [-0.2, -0.15) is 5.10 Å². The summed E-state index contributed by atoms with van der Waals surface area (Å²) in [5, 5.41) is 4.06. The first-order valence-corrected chi connectivity index (χ1v) is 6.67. The molecule has 0 bridgehead atoms. The van der Waals surface area contributed by atoms with Crippen LogP contribution in [0.3, 0.4) is 0 Å². The third-order valence-electron chi connectivity index (χ3n) is 3.74. The molecule has 0 saturated heterocycles. The minimum absolute atomic E-state index is 0.0890. The Morgan fingerprint density at radius 3 is 2.67 bits per heavy atom. The first-order chi connectivity index (χ1) is 8.61. The number of nitrogens with zero attached hydrogens (tertiary/aromatic N) is 3. The Balaban J connectivity index is 2.06. The molecule has 5 nitrogen and oxygen atoms in total. The Kier molecular flexibility index (Phi) is 4.01. The van der Waals surface area contributed by atoms with Gasteiger partial charge in [0, 0.05) is 31.9 Å². The van der Waals surface area contributed by atoms with Crippen LogP contribution in [0.4, 0.5) is 0 Å². The van der Waals surface area contributed by atoms with E-state index in [1.165, 1.54) is 0 Å². The number of hydrogen-bond acceptors (Lipinski definition) is 3. The van der Waals surface area contributed by atoms with Crippen LogP contribution < -0.4 is 5.73 Å². The first kappa shape index (κ1) is 13.1. The number of carbonyl (C=O) groups is 1. The standard InChI is InChI=1S/C13H22N4O/c1-3-17(12-6-4-11(14)5-7-12)13(18)10-8-15-16(2)9-10/h8-9,11-12H,3-7,14H2,1-2H3. The maximum absolute atomic E-state index is 12.4. The van der Waals surface area contributed by atoms with Gasteiger partial charge in [-0.05, 0) is 32.6 Å². The molecule has 1 aliphatic carbocycles. The lowest BCUT2D eigenvalue weighted by Crippen LogP contribution is -2.44. The summed E-state index contributed by atoms with van der Waals surface area (Å²) >= 11 is 0. The molecule has 1 aromatic heterocycles. The van der Waals surface area contributed by atoms with Crippen molar-refractivity contribution in [3.8, 4) is 0 Å². The van der Waals surface area contributed by atoms with E-state index >= 15 is 0 Å². The highest BCUT2D eigenvalue weighted by atomic mass is 16.2. The van der Waals surface area contributed by atoms with E-state index in [1.807, 2.05) is 18.9 Å². The fourth-order valence-corrected chi connectivity index (χ4v) is 2.68. The van der Waals surface area contributed by atoms with Crippen molar-refractivity contribution >= 4 is 5.91 Å².